The molecule has 1 unspecified atom stereocenters. The van der Waals surface area contributed by atoms with Gasteiger partial charge in [0.1, 0.15) is 5.75 Å². The first-order valence-corrected chi connectivity index (χ1v) is 7.48. The second-order valence-electron chi connectivity index (χ2n) is 5.76. The third-order valence-electron chi connectivity index (χ3n) is 4.11. The number of methoxy groups -OCH3 is 1. The standard InChI is InChI=1S/C16H27N3O/c1-4-15-12-18(2)6-5-7-19(15)11-13-8-14(17)10-16(9-13)20-3/h8-10,15H,4-7,11-12,17H2,1-3H3. The summed E-state index contributed by atoms with van der Waals surface area (Å²) in [6.45, 7) is 6.72. The van der Waals surface area contributed by atoms with Gasteiger partial charge in [-0.2, -0.15) is 0 Å². The van der Waals surface area contributed by atoms with Crippen LogP contribution in [0.25, 0.3) is 0 Å². The van der Waals surface area contributed by atoms with Gasteiger partial charge in [0.2, 0.25) is 0 Å². The topological polar surface area (TPSA) is 41.7 Å². The minimum Gasteiger partial charge on any atom is -0.497 e. The van der Waals surface area contributed by atoms with Gasteiger partial charge in [0.15, 0.2) is 0 Å². The lowest BCUT2D eigenvalue weighted by Crippen LogP contribution is -2.39. The molecule has 4 heteroatoms. The van der Waals surface area contributed by atoms with Gasteiger partial charge >= 0.3 is 0 Å². The van der Waals surface area contributed by atoms with Crippen molar-refractivity contribution in [3.05, 3.63) is 23.8 Å². The fourth-order valence-electron chi connectivity index (χ4n) is 3.02. The van der Waals surface area contributed by atoms with Crippen LogP contribution in [-0.2, 0) is 6.54 Å². The molecule has 1 aliphatic heterocycles. The van der Waals surface area contributed by atoms with Crippen molar-refractivity contribution < 1.29 is 4.74 Å². The van der Waals surface area contributed by atoms with E-state index in [4.69, 9.17) is 10.5 Å². The van der Waals surface area contributed by atoms with Crippen molar-refractivity contribution in [3.63, 3.8) is 0 Å². The molecular weight excluding hydrogens is 250 g/mol. The molecule has 1 atom stereocenters. The first-order chi connectivity index (χ1) is 9.62. The summed E-state index contributed by atoms with van der Waals surface area (Å²) in [6.07, 6.45) is 2.41. The smallest absolute Gasteiger partial charge is 0.121 e. The van der Waals surface area contributed by atoms with Crippen LogP contribution in [0.15, 0.2) is 18.2 Å². The Morgan fingerprint density at radius 3 is 2.80 bits per heavy atom. The quantitative estimate of drug-likeness (QED) is 0.857. The SMILES string of the molecule is CCC1CN(C)CCCN1Cc1cc(N)cc(OC)c1. The summed E-state index contributed by atoms with van der Waals surface area (Å²) >= 11 is 0. The van der Waals surface area contributed by atoms with Crippen LogP contribution in [0.1, 0.15) is 25.3 Å². The molecular formula is C16H27N3O. The number of nitrogens with zero attached hydrogens (tertiary/aromatic N) is 2. The van der Waals surface area contributed by atoms with E-state index in [0.717, 1.165) is 31.1 Å². The molecule has 112 valence electrons. The van der Waals surface area contributed by atoms with Crippen LogP contribution in [0.2, 0.25) is 0 Å². The van der Waals surface area contributed by atoms with E-state index in [9.17, 15) is 0 Å². The number of likely N-dealkylation sites (N-methyl/N-ethyl adjacent to an activating group) is 1. The monoisotopic (exact) mass is 277 g/mol. The molecule has 0 bridgehead atoms. The van der Waals surface area contributed by atoms with E-state index >= 15 is 0 Å². The number of ether oxygens (including phenoxy) is 1. The Kier molecular flexibility index (Phi) is 5.26. The predicted molar refractivity (Wildman–Crippen MR) is 84.0 cm³/mol. The molecule has 2 N–H and O–H groups in total. The number of hydrogen-bond donors (Lipinski definition) is 1. The normalized spacial score (nSPS) is 21.6. The van der Waals surface area contributed by atoms with Gasteiger partial charge < -0.3 is 15.4 Å². The molecule has 1 aliphatic rings. The van der Waals surface area contributed by atoms with Crippen LogP contribution in [0.5, 0.6) is 5.75 Å². The zero-order valence-electron chi connectivity index (χ0n) is 12.9. The van der Waals surface area contributed by atoms with E-state index in [0.29, 0.717) is 6.04 Å². The van der Waals surface area contributed by atoms with Crippen molar-refractivity contribution in [1.82, 2.24) is 9.80 Å². The molecule has 2 rings (SSSR count). The Morgan fingerprint density at radius 1 is 1.30 bits per heavy atom. The highest BCUT2D eigenvalue weighted by Crippen LogP contribution is 2.22. The summed E-state index contributed by atoms with van der Waals surface area (Å²) in [5.41, 5.74) is 7.97. The van der Waals surface area contributed by atoms with Gasteiger partial charge in [-0.05, 0) is 44.1 Å². The van der Waals surface area contributed by atoms with Crippen LogP contribution in [0.3, 0.4) is 0 Å². The molecule has 1 aromatic rings. The summed E-state index contributed by atoms with van der Waals surface area (Å²) in [7, 11) is 3.91. The van der Waals surface area contributed by atoms with Crippen LogP contribution >= 0.6 is 0 Å². The van der Waals surface area contributed by atoms with Crippen LogP contribution < -0.4 is 10.5 Å². The van der Waals surface area contributed by atoms with E-state index in [-0.39, 0.29) is 0 Å². The lowest BCUT2D eigenvalue weighted by molar-refractivity contribution is 0.176. The van der Waals surface area contributed by atoms with E-state index < -0.39 is 0 Å². The molecule has 0 saturated carbocycles. The second-order valence-corrected chi connectivity index (χ2v) is 5.76. The number of hydrogen-bond acceptors (Lipinski definition) is 4. The lowest BCUT2D eigenvalue weighted by atomic mass is 10.1. The molecule has 0 aromatic heterocycles. The molecule has 20 heavy (non-hydrogen) atoms. The average molecular weight is 277 g/mol. The fraction of sp³-hybridized carbons (Fsp3) is 0.625. The maximum absolute atomic E-state index is 5.95. The van der Waals surface area contributed by atoms with Crippen LogP contribution in [0.4, 0.5) is 5.69 Å². The predicted octanol–water partition coefficient (Wildman–Crippen LogP) is 2.19. The highest BCUT2D eigenvalue weighted by Gasteiger charge is 2.22. The lowest BCUT2D eigenvalue weighted by Gasteiger charge is -2.30. The zero-order chi connectivity index (χ0) is 14.5. The van der Waals surface area contributed by atoms with Crippen molar-refractivity contribution in [2.45, 2.75) is 32.4 Å². The molecule has 0 aliphatic carbocycles. The molecule has 1 aromatic carbocycles. The van der Waals surface area contributed by atoms with E-state index in [1.54, 1.807) is 7.11 Å². The van der Waals surface area contributed by atoms with Crippen molar-refractivity contribution in [3.8, 4) is 5.75 Å². The Labute approximate surface area is 122 Å². The molecule has 1 saturated heterocycles. The van der Waals surface area contributed by atoms with E-state index in [1.165, 1.54) is 24.9 Å². The summed E-state index contributed by atoms with van der Waals surface area (Å²) in [6, 6.07) is 6.65. The molecule has 1 fully saturated rings. The van der Waals surface area contributed by atoms with Crippen LogP contribution in [0, 0.1) is 0 Å². The first kappa shape index (κ1) is 15.1. The molecule has 1 heterocycles. The third-order valence-corrected chi connectivity index (χ3v) is 4.11. The Bertz CT molecular complexity index is 436. The van der Waals surface area contributed by atoms with Crippen LogP contribution in [-0.4, -0.2) is 49.6 Å². The van der Waals surface area contributed by atoms with Crippen molar-refractivity contribution >= 4 is 5.69 Å². The van der Waals surface area contributed by atoms with Gasteiger partial charge in [-0.3, -0.25) is 4.90 Å². The van der Waals surface area contributed by atoms with Gasteiger partial charge in [0, 0.05) is 37.4 Å². The first-order valence-electron chi connectivity index (χ1n) is 7.48. The minimum atomic E-state index is 0.620. The average Bonchev–Trinajstić information content (AvgIpc) is 2.59. The summed E-state index contributed by atoms with van der Waals surface area (Å²) < 4.78 is 5.31. The summed E-state index contributed by atoms with van der Waals surface area (Å²) in [4.78, 5) is 5.02. The minimum absolute atomic E-state index is 0.620. The molecule has 0 amide bonds. The summed E-state index contributed by atoms with van der Waals surface area (Å²) in [5, 5.41) is 0. The molecule has 4 nitrogen and oxygen atoms in total. The number of benzene rings is 1. The maximum atomic E-state index is 5.95. The Balaban J connectivity index is 2.12. The zero-order valence-corrected chi connectivity index (χ0v) is 12.9. The number of nitrogens with two attached hydrogens (primary N) is 1. The van der Waals surface area contributed by atoms with Gasteiger partial charge in [-0.25, -0.2) is 0 Å². The van der Waals surface area contributed by atoms with Crippen molar-refractivity contribution in [2.75, 3.05) is 39.5 Å². The highest BCUT2D eigenvalue weighted by atomic mass is 16.5. The number of anilines is 1. The van der Waals surface area contributed by atoms with E-state index in [2.05, 4.69) is 35.9 Å². The molecule has 0 radical (unpaired) electrons. The second kappa shape index (κ2) is 6.95. The summed E-state index contributed by atoms with van der Waals surface area (Å²) in [5.74, 6) is 0.847. The van der Waals surface area contributed by atoms with Gasteiger partial charge in [-0.1, -0.05) is 6.92 Å². The van der Waals surface area contributed by atoms with Gasteiger partial charge in [0.25, 0.3) is 0 Å². The van der Waals surface area contributed by atoms with Crippen molar-refractivity contribution in [1.29, 1.82) is 0 Å². The van der Waals surface area contributed by atoms with E-state index in [1.807, 2.05) is 6.07 Å². The Morgan fingerprint density at radius 2 is 2.10 bits per heavy atom. The van der Waals surface area contributed by atoms with Gasteiger partial charge in [-0.15, -0.1) is 0 Å². The van der Waals surface area contributed by atoms with Gasteiger partial charge in [0.05, 0.1) is 7.11 Å². The largest absolute Gasteiger partial charge is 0.497 e. The Hall–Kier alpha value is -1.26. The third kappa shape index (κ3) is 3.87. The maximum Gasteiger partial charge on any atom is 0.121 e. The number of nitrogen functional groups attached to an aromatic ring is 1. The van der Waals surface area contributed by atoms with Crippen molar-refractivity contribution in [2.24, 2.45) is 0 Å². The number of rotatable bonds is 4. The molecule has 0 spiro atoms. The highest BCUT2D eigenvalue weighted by molar-refractivity contribution is 5.47. The fourth-order valence-corrected chi connectivity index (χ4v) is 3.02.